The van der Waals surface area contributed by atoms with E-state index >= 15 is 0 Å². The normalized spacial score (nSPS) is 15.7. The predicted octanol–water partition coefficient (Wildman–Crippen LogP) is 3.02. The van der Waals surface area contributed by atoms with E-state index in [2.05, 4.69) is 10.6 Å². The third kappa shape index (κ3) is 5.79. The molecule has 2 N–H and O–H groups in total. The molecule has 6 heteroatoms. The van der Waals surface area contributed by atoms with Crippen LogP contribution in [0.2, 0.25) is 0 Å². The number of nitrogens with one attached hydrogen (secondary N) is 2. The summed E-state index contributed by atoms with van der Waals surface area (Å²) in [4.78, 5) is 24.2. The maximum absolute atomic E-state index is 12.7. The molecule has 6 nitrogen and oxygen atoms in total. The van der Waals surface area contributed by atoms with Gasteiger partial charge in [0.15, 0.2) is 11.5 Å². The Kier molecular flexibility index (Phi) is 7.51. The van der Waals surface area contributed by atoms with Crippen molar-refractivity contribution in [3.05, 3.63) is 29.5 Å². The summed E-state index contributed by atoms with van der Waals surface area (Å²) in [6, 6.07) is 5.49. The van der Waals surface area contributed by atoms with Crippen LogP contribution in [0.3, 0.4) is 0 Å². The van der Waals surface area contributed by atoms with Crippen LogP contribution in [0, 0.1) is 0 Å². The van der Waals surface area contributed by atoms with Crippen molar-refractivity contribution in [1.82, 2.24) is 10.6 Å². The molecule has 142 valence electrons. The van der Waals surface area contributed by atoms with Gasteiger partial charge in [-0.05, 0) is 36.6 Å². The molecule has 0 aromatic heterocycles. The SMILES string of the molecule is COc1ccc(/C=C(\NC(C)=O)C(=O)NC2CCCCCC2)cc1OC. The quantitative estimate of drug-likeness (QED) is 0.604. The zero-order chi connectivity index (χ0) is 18.9. The van der Waals surface area contributed by atoms with E-state index in [-0.39, 0.29) is 23.6 Å². The van der Waals surface area contributed by atoms with E-state index in [0.717, 1.165) is 31.2 Å². The van der Waals surface area contributed by atoms with E-state index in [1.165, 1.54) is 19.8 Å². The Labute approximate surface area is 154 Å². The van der Waals surface area contributed by atoms with E-state index in [1.807, 2.05) is 6.07 Å². The molecule has 0 aliphatic heterocycles. The summed E-state index contributed by atoms with van der Waals surface area (Å²) in [5, 5.41) is 5.70. The van der Waals surface area contributed by atoms with E-state index in [9.17, 15) is 9.59 Å². The van der Waals surface area contributed by atoms with Crippen molar-refractivity contribution in [1.29, 1.82) is 0 Å². The maximum Gasteiger partial charge on any atom is 0.268 e. The number of rotatable bonds is 6. The van der Waals surface area contributed by atoms with Crippen molar-refractivity contribution >= 4 is 17.9 Å². The van der Waals surface area contributed by atoms with Crippen molar-refractivity contribution in [2.45, 2.75) is 51.5 Å². The molecule has 26 heavy (non-hydrogen) atoms. The van der Waals surface area contributed by atoms with E-state index in [0.29, 0.717) is 11.5 Å². The smallest absolute Gasteiger partial charge is 0.268 e. The van der Waals surface area contributed by atoms with Crippen LogP contribution in [0.15, 0.2) is 23.9 Å². The molecule has 0 spiro atoms. The highest BCUT2D eigenvalue weighted by molar-refractivity contribution is 6.01. The number of hydrogen-bond acceptors (Lipinski definition) is 4. The molecule has 1 aliphatic carbocycles. The van der Waals surface area contributed by atoms with Gasteiger partial charge in [0.2, 0.25) is 5.91 Å². The van der Waals surface area contributed by atoms with Gasteiger partial charge in [-0.3, -0.25) is 9.59 Å². The molecular formula is C20H28N2O4. The number of amides is 2. The van der Waals surface area contributed by atoms with Crippen LogP contribution < -0.4 is 20.1 Å². The minimum absolute atomic E-state index is 0.160. The summed E-state index contributed by atoms with van der Waals surface area (Å²) in [6.07, 6.45) is 8.29. The van der Waals surface area contributed by atoms with Gasteiger partial charge in [-0.1, -0.05) is 31.7 Å². The predicted molar refractivity (Wildman–Crippen MR) is 101 cm³/mol. The van der Waals surface area contributed by atoms with Crippen molar-refractivity contribution in [2.75, 3.05) is 14.2 Å². The third-order valence-corrected chi connectivity index (χ3v) is 4.46. The Balaban J connectivity index is 2.20. The van der Waals surface area contributed by atoms with Crippen LogP contribution in [0.4, 0.5) is 0 Å². The maximum atomic E-state index is 12.7. The molecule has 0 atom stereocenters. The number of carbonyl (C=O) groups excluding carboxylic acids is 2. The lowest BCUT2D eigenvalue weighted by atomic mass is 10.1. The highest BCUT2D eigenvalue weighted by Crippen LogP contribution is 2.28. The minimum atomic E-state index is -0.284. The number of benzene rings is 1. The van der Waals surface area contributed by atoms with Crippen molar-refractivity contribution in [3.8, 4) is 11.5 Å². The molecule has 2 amide bonds. The Hall–Kier alpha value is -2.50. The monoisotopic (exact) mass is 360 g/mol. The van der Waals surface area contributed by atoms with Crippen LogP contribution in [-0.4, -0.2) is 32.1 Å². The van der Waals surface area contributed by atoms with Gasteiger partial charge in [-0.15, -0.1) is 0 Å². The van der Waals surface area contributed by atoms with E-state index in [1.54, 1.807) is 32.4 Å². The van der Waals surface area contributed by atoms with Gasteiger partial charge in [0.25, 0.3) is 5.91 Å². The molecule has 0 heterocycles. The molecule has 0 unspecified atom stereocenters. The van der Waals surface area contributed by atoms with Gasteiger partial charge in [0, 0.05) is 13.0 Å². The lowest BCUT2D eigenvalue weighted by Gasteiger charge is -2.18. The first-order chi connectivity index (χ1) is 12.5. The number of methoxy groups -OCH3 is 2. The largest absolute Gasteiger partial charge is 0.493 e. The van der Waals surface area contributed by atoms with Crippen LogP contribution in [0.5, 0.6) is 11.5 Å². The van der Waals surface area contributed by atoms with E-state index in [4.69, 9.17) is 9.47 Å². The van der Waals surface area contributed by atoms with Crippen LogP contribution >= 0.6 is 0 Å². The first-order valence-electron chi connectivity index (χ1n) is 9.05. The molecule has 1 aromatic rings. The highest BCUT2D eigenvalue weighted by atomic mass is 16.5. The molecule has 1 aromatic carbocycles. The summed E-state index contributed by atoms with van der Waals surface area (Å²) in [7, 11) is 3.12. The Morgan fingerprint density at radius 1 is 1.04 bits per heavy atom. The molecular weight excluding hydrogens is 332 g/mol. The van der Waals surface area contributed by atoms with Crippen molar-refractivity contribution < 1.29 is 19.1 Å². The van der Waals surface area contributed by atoms with Crippen LogP contribution in [0.1, 0.15) is 51.0 Å². The first kappa shape index (κ1) is 19.8. The zero-order valence-corrected chi connectivity index (χ0v) is 15.8. The second kappa shape index (κ2) is 9.85. The third-order valence-electron chi connectivity index (χ3n) is 4.46. The molecule has 0 bridgehead atoms. The first-order valence-corrected chi connectivity index (χ1v) is 9.05. The second-order valence-electron chi connectivity index (χ2n) is 6.52. The van der Waals surface area contributed by atoms with Gasteiger partial charge in [-0.25, -0.2) is 0 Å². The minimum Gasteiger partial charge on any atom is -0.493 e. The fourth-order valence-electron chi connectivity index (χ4n) is 3.14. The van der Waals surface area contributed by atoms with Crippen LogP contribution in [0.25, 0.3) is 6.08 Å². The molecule has 0 radical (unpaired) electrons. The van der Waals surface area contributed by atoms with Gasteiger partial charge in [-0.2, -0.15) is 0 Å². The Bertz CT molecular complexity index is 662. The average molecular weight is 360 g/mol. The Morgan fingerprint density at radius 2 is 1.69 bits per heavy atom. The summed E-state index contributed by atoms with van der Waals surface area (Å²) < 4.78 is 10.5. The lowest BCUT2D eigenvalue weighted by molar-refractivity contribution is -0.122. The molecule has 1 fully saturated rings. The van der Waals surface area contributed by atoms with Gasteiger partial charge in [0.1, 0.15) is 5.70 Å². The zero-order valence-electron chi connectivity index (χ0n) is 15.8. The second-order valence-corrected chi connectivity index (χ2v) is 6.52. The topological polar surface area (TPSA) is 76.7 Å². The standard InChI is InChI=1S/C20H28N2O4/c1-14(23)21-17(20(24)22-16-8-6-4-5-7-9-16)12-15-10-11-18(25-2)19(13-15)26-3/h10-13,16H,4-9H2,1-3H3,(H,21,23)(H,22,24)/b17-12-. The molecule has 2 rings (SSSR count). The van der Waals surface area contributed by atoms with E-state index < -0.39 is 0 Å². The summed E-state index contributed by atoms with van der Waals surface area (Å²) >= 11 is 0. The average Bonchev–Trinajstić information content (AvgIpc) is 2.89. The highest BCUT2D eigenvalue weighted by Gasteiger charge is 2.18. The molecule has 1 saturated carbocycles. The summed E-state index contributed by atoms with van der Waals surface area (Å²) in [5.74, 6) is 0.621. The fourth-order valence-corrected chi connectivity index (χ4v) is 3.14. The van der Waals surface area contributed by atoms with Crippen LogP contribution in [-0.2, 0) is 9.59 Å². The number of ether oxygens (including phenoxy) is 2. The Morgan fingerprint density at radius 3 is 2.27 bits per heavy atom. The number of hydrogen-bond donors (Lipinski definition) is 2. The lowest BCUT2D eigenvalue weighted by Crippen LogP contribution is -2.39. The van der Waals surface area contributed by atoms with Crippen molar-refractivity contribution in [3.63, 3.8) is 0 Å². The van der Waals surface area contributed by atoms with Gasteiger partial charge >= 0.3 is 0 Å². The molecule has 1 aliphatic rings. The summed E-state index contributed by atoms with van der Waals surface area (Å²) in [5.41, 5.74) is 0.969. The van der Waals surface area contributed by atoms with Crippen molar-refractivity contribution in [2.24, 2.45) is 0 Å². The van der Waals surface area contributed by atoms with Gasteiger partial charge in [0.05, 0.1) is 14.2 Å². The number of carbonyl (C=O) groups is 2. The fraction of sp³-hybridized carbons (Fsp3) is 0.500. The summed E-state index contributed by atoms with van der Waals surface area (Å²) in [6.45, 7) is 1.39. The molecule has 0 saturated heterocycles. The van der Waals surface area contributed by atoms with Gasteiger partial charge < -0.3 is 20.1 Å².